The molecule has 2 amide bonds. The van der Waals surface area contributed by atoms with E-state index in [-0.39, 0.29) is 5.41 Å². The summed E-state index contributed by atoms with van der Waals surface area (Å²) in [4.78, 5) is 23.2. The molecule has 0 spiro atoms. The van der Waals surface area contributed by atoms with Crippen LogP contribution in [0, 0.1) is 5.41 Å². The topological polar surface area (TPSA) is 127 Å². The summed E-state index contributed by atoms with van der Waals surface area (Å²) >= 11 is 0. The smallest absolute Gasteiger partial charge is 0.267 e. The van der Waals surface area contributed by atoms with Gasteiger partial charge < -0.3 is 11.1 Å². The standard InChI is InChI=1S/C23H34N2O5S/c1-16(11-12-19-18(3)10-7-13-23(19,4)5)8-6-9-17(2)14-21(26)25-20(22(24)27)15-31(28,29)30/h6,8-9,11-12,14,20H,7,10,13,15H2,1-5H3,(H2,24,27)(H,25,26)(H,28,29,30)/b9-6+,12-11+,16-8+,17-14-/t20-/m0/s1. The number of rotatable bonds is 9. The first-order valence-electron chi connectivity index (χ1n) is 10.2. The Morgan fingerprint density at radius 3 is 2.42 bits per heavy atom. The van der Waals surface area contributed by atoms with E-state index in [9.17, 15) is 18.0 Å². The minimum Gasteiger partial charge on any atom is -0.368 e. The normalized spacial score (nSPS) is 19.2. The van der Waals surface area contributed by atoms with Crippen LogP contribution < -0.4 is 11.1 Å². The third-order valence-electron chi connectivity index (χ3n) is 5.17. The van der Waals surface area contributed by atoms with Gasteiger partial charge in [0.25, 0.3) is 10.1 Å². The Morgan fingerprint density at radius 2 is 1.87 bits per heavy atom. The van der Waals surface area contributed by atoms with Crippen molar-refractivity contribution in [2.75, 3.05) is 5.75 Å². The zero-order valence-corrected chi connectivity index (χ0v) is 19.8. The molecule has 1 atom stereocenters. The molecule has 31 heavy (non-hydrogen) atoms. The highest BCUT2D eigenvalue weighted by Crippen LogP contribution is 2.40. The predicted octanol–water partition coefficient (Wildman–Crippen LogP) is 3.38. The molecule has 1 aliphatic carbocycles. The van der Waals surface area contributed by atoms with Gasteiger partial charge in [0.1, 0.15) is 11.8 Å². The van der Waals surface area contributed by atoms with Crippen LogP contribution in [0.5, 0.6) is 0 Å². The summed E-state index contributed by atoms with van der Waals surface area (Å²) in [6.45, 7) is 10.4. The zero-order valence-electron chi connectivity index (χ0n) is 18.9. The Bertz CT molecular complexity index is 950. The Balaban J connectivity index is 2.77. The lowest BCUT2D eigenvalue weighted by atomic mass is 9.72. The van der Waals surface area contributed by atoms with Gasteiger partial charge in [-0.15, -0.1) is 0 Å². The average molecular weight is 451 g/mol. The van der Waals surface area contributed by atoms with Crippen molar-refractivity contribution < 1.29 is 22.6 Å². The molecule has 1 rings (SSSR count). The highest BCUT2D eigenvalue weighted by Gasteiger charge is 2.26. The third-order valence-corrected chi connectivity index (χ3v) is 5.92. The first kappa shape index (κ1) is 26.6. The van der Waals surface area contributed by atoms with Gasteiger partial charge in [-0.2, -0.15) is 8.42 Å². The molecule has 0 radical (unpaired) electrons. The third kappa shape index (κ3) is 9.93. The molecule has 0 aromatic carbocycles. The van der Waals surface area contributed by atoms with E-state index in [4.69, 9.17) is 10.3 Å². The van der Waals surface area contributed by atoms with Crippen LogP contribution >= 0.6 is 0 Å². The molecule has 4 N–H and O–H groups in total. The molecule has 172 valence electrons. The molecule has 0 heterocycles. The SMILES string of the molecule is CC1=C(/C=C/C(C)=C/C=C/C(C)=C\C(=O)N[C@@H](CS(=O)(=O)O)C(N)=O)C(C)(C)CCC1. The number of amides is 2. The van der Waals surface area contributed by atoms with Gasteiger partial charge in [0.2, 0.25) is 11.8 Å². The molecule has 8 heteroatoms. The first-order chi connectivity index (χ1) is 14.2. The van der Waals surface area contributed by atoms with E-state index in [1.165, 1.54) is 30.1 Å². The average Bonchev–Trinajstić information content (AvgIpc) is 2.58. The van der Waals surface area contributed by atoms with Crippen LogP contribution in [0.15, 0.2) is 58.7 Å². The Hall–Kier alpha value is -2.45. The van der Waals surface area contributed by atoms with E-state index in [0.29, 0.717) is 5.57 Å². The molecular weight excluding hydrogens is 416 g/mol. The van der Waals surface area contributed by atoms with Gasteiger partial charge in [-0.25, -0.2) is 0 Å². The van der Waals surface area contributed by atoms with Crippen LogP contribution in [0.25, 0.3) is 0 Å². The van der Waals surface area contributed by atoms with Crippen molar-refractivity contribution in [1.82, 2.24) is 5.32 Å². The maximum absolute atomic E-state index is 12.0. The Kier molecular flexibility index (Phi) is 9.65. The van der Waals surface area contributed by atoms with E-state index in [2.05, 4.69) is 38.2 Å². The number of hydrogen-bond donors (Lipinski definition) is 3. The Labute approximate surface area is 185 Å². The van der Waals surface area contributed by atoms with Crippen molar-refractivity contribution in [3.05, 3.63) is 58.7 Å². The quantitative estimate of drug-likeness (QED) is 0.282. The molecule has 0 aromatic heterocycles. The predicted molar refractivity (Wildman–Crippen MR) is 124 cm³/mol. The van der Waals surface area contributed by atoms with Crippen LogP contribution in [0.1, 0.15) is 53.9 Å². The molecule has 0 unspecified atom stereocenters. The summed E-state index contributed by atoms with van der Waals surface area (Å²) in [7, 11) is -4.46. The maximum Gasteiger partial charge on any atom is 0.267 e. The fourth-order valence-corrected chi connectivity index (χ4v) is 4.18. The second-order valence-electron chi connectivity index (χ2n) is 8.64. The zero-order chi connectivity index (χ0) is 23.8. The lowest BCUT2D eigenvalue weighted by Crippen LogP contribution is -2.48. The number of hydrogen-bond acceptors (Lipinski definition) is 4. The molecule has 0 aromatic rings. The van der Waals surface area contributed by atoms with Crippen molar-refractivity contribution in [2.45, 2.75) is 59.9 Å². The number of primary amides is 1. The van der Waals surface area contributed by atoms with Gasteiger partial charge in [0, 0.05) is 6.08 Å². The summed E-state index contributed by atoms with van der Waals surface area (Å²) in [6, 6.07) is -1.51. The molecule has 0 aliphatic heterocycles. The van der Waals surface area contributed by atoms with Crippen LogP contribution in [0.3, 0.4) is 0 Å². The molecule has 7 nitrogen and oxygen atoms in total. The van der Waals surface area contributed by atoms with Crippen molar-refractivity contribution in [1.29, 1.82) is 0 Å². The minimum atomic E-state index is -4.46. The molecule has 0 saturated heterocycles. The van der Waals surface area contributed by atoms with Gasteiger partial charge in [0.05, 0.1) is 0 Å². The molecule has 0 saturated carbocycles. The Morgan fingerprint density at radius 1 is 1.23 bits per heavy atom. The van der Waals surface area contributed by atoms with Crippen molar-refractivity contribution in [3.8, 4) is 0 Å². The summed E-state index contributed by atoms with van der Waals surface area (Å²) < 4.78 is 30.7. The van der Waals surface area contributed by atoms with Gasteiger partial charge in [0.15, 0.2) is 0 Å². The van der Waals surface area contributed by atoms with Gasteiger partial charge in [-0.3, -0.25) is 14.1 Å². The number of allylic oxidation sites excluding steroid dienone is 9. The van der Waals surface area contributed by atoms with Crippen LogP contribution in [-0.2, 0) is 19.7 Å². The number of nitrogens with two attached hydrogens (primary N) is 1. The fraction of sp³-hybridized carbons (Fsp3) is 0.478. The summed E-state index contributed by atoms with van der Waals surface area (Å²) in [5, 5.41) is 2.18. The fourth-order valence-electron chi connectivity index (χ4n) is 3.51. The highest BCUT2D eigenvalue weighted by atomic mass is 32.2. The van der Waals surface area contributed by atoms with E-state index in [1.54, 1.807) is 19.1 Å². The van der Waals surface area contributed by atoms with E-state index < -0.39 is 33.7 Å². The maximum atomic E-state index is 12.0. The van der Waals surface area contributed by atoms with Gasteiger partial charge >= 0.3 is 0 Å². The van der Waals surface area contributed by atoms with E-state index in [0.717, 1.165) is 12.0 Å². The molecule has 1 aliphatic rings. The van der Waals surface area contributed by atoms with Crippen LogP contribution in [-0.4, -0.2) is 36.6 Å². The number of carbonyl (C=O) groups excluding carboxylic acids is 2. The highest BCUT2D eigenvalue weighted by molar-refractivity contribution is 7.85. The van der Waals surface area contributed by atoms with Crippen molar-refractivity contribution in [2.24, 2.45) is 11.1 Å². The molecular formula is C23H34N2O5S. The lowest BCUT2D eigenvalue weighted by Gasteiger charge is -2.32. The first-order valence-corrected chi connectivity index (χ1v) is 11.8. The monoisotopic (exact) mass is 450 g/mol. The van der Waals surface area contributed by atoms with E-state index >= 15 is 0 Å². The van der Waals surface area contributed by atoms with E-state index in [1.807, 2.05) is 13.0 Å². The number of nitrogens with one attached hydrogen (secondary N) is 1. The molecule has 0 fully saturated rings. The molecule has 0 bridgehead atoms. The van der Waals surface area contributed by atoms with Crippen LogP contribution in [0.2, 0.25) is 0 Å². The summed E-state index contributed by atoms with van der Waals surface area (Å²) in [5.41, 5.74) is 9.71. The lowest BCUT2D eigenvalue weighted by molar-refractivity contribution is -0.124. The van der Waals surface area contributed by atoms with Gasteiger partial charge in [-0.1, -0.05) is 55.4 Å². The second-order valence-corrected chi connectivity index (χ2v) is 10.1. The second kappa shape index (κ2) is 11.2. The van der Waals surface area contributed by atoms with Crippen molar-refractivity contribution >= 4 is 21.9 Å². The van der Waals surface area contributed by atoms with Crippen molar-refractivity contribution in [3.63, 3.8) is 0 Å². The van der Waals surface area contributed by atoms with Gasteiger partial charge in [-0.05, 0) is 56.6 Å². The summed E-state index contributed by atoms with van der Waals surface area (Å²) in [5.74, 6) is -2.71. The minimum absolute atomic E-state index is 0.180. The largest absolute Gasteiger partial charge is 0.368 e. The summed E-state index contributed by atoms with van der Waals surface area (Å²) in [6.07, 6.45) is 14.5. The van der Waals surface area contributed by atoms with Crippen LogP contribution in [0.4, 0.5) is 0 Å². The number of carbonyl (C=O) groups is 2.